The van der Waals surface area contributed by atoms with Gasteiger partial charge in [0.2, 0.25) is 0 Å². The summed E-state index contributed by atoms with van der Waals surface area (Å²) < 4.78 is 52.9. The molecule has 1 saturated carbocycles. The van der Waals surface area contributed by atoms with Crippen molar-refractivity contribution in [2.45, 2.75) is 37.5 Å². The molecule has 6 rings (SSSR count). The number of fused-ring (bicyclic) bond motifs is 3. The van der Waals surface area contributed by atoms with Gasteiger partial charge in [0.05, 0.1) is 17.2 Å². The van der Waals surface area contributed by atoms with Crippen molar-refractivity contribution in [3.05, 3.63) is 71.9 Å². The second-order valence-corrected chi connectivity index (χ2v) is 8.62. The van der Waals surface area contributed by atoms with Crippen molar-refractivity contribution in [1.29, 1.82) is 0 Å². The molecule has 176 valence electrons. The lowest BCUT2D eigenvalue weighted by molar-refractivity contribution is -0.137. The quantitative estimate of drug-likeness (QED) is 0.554. The maximum absolute atomic E-state index is 14.4. The molecule has 2 aliphatic heterocycles. The van der Waals surface area contributed by atoms with Crippen molar-refractivity contribution >= 4 is 11.7 Å². The average molecular weight is 471 g/mol. The van der Waals surface area contributed by atoms with E-state index in [-0.39, 0.29) is 40.9 Å². The molecule has 0 spiro atoms. The third-order valence-electron chi connectivity index (χ3n) is 6.48. The fourth-order valence-electron chi connectivity index (χ4n) is 4.90. The van der Waals surface area contributed by atoms with Crippen molar-refractivity contribution < 1.29 is 22.4 Å². The predicted octanol–water partition coefficient (Wildman–Crippen LogP) is 4.80. The number of alkyl halides is 3. The molecule has 3 aliphatic rings. The van der Waals surface area contributed by atoms with Crippen molar-refractivity contribution in [3.63, 3.8) is 0 Å². The average Bonchev–Trinajstić information content (AvgIpc) is 2.84. The fourth-order valence-corrected chi connectivity index (χ4v) is 4.90. The van der Waals surface area contributed by atoms with E-state index in [9.17, 15) is 22.4 Å². The molecule has 2 saturated heterocycles. The van der Waals surface area contributed by atoms with Gasteiger partial charge in [-0.25, -0.2) is 9.37 Å². The van der Waals surface area contributed by atoms with Crippen LogP contribution in [0, 0.1) is 11.7 Å². The molecule has 0 aromatic carbocycles. The van der Waals surface area contributed by atoms with Crippen LogP contribution < -0.4 is 5.32 Å². The smallest absolute Gasteiger partial charge is 0.365 e. The van der Waals surface area contributed by atoms with Crippen LogP contribution in [0.3, 0.4) is 0 Å². The van der Waals surface area contributed by atoms with Gasteiger partial charge in [0, 0.05) is 31.2 Å². The number of carbonyl (C=O) groups is 1. The number of nitrogens with one attached hydrogen (secondary N) is 1. The molecule has 6 nitrogen and oxygen atoms in total. The maximum atomic E-state index is 14.4. The number of hydrogen-bond donors (Lipinski definition) is 1. The van der Waals surface area contributed by atoms with Gasteiger partial charge in [0.1, 0.15) is 17.2 Å². The first kappa shape index (κ1) is 22.2. The monoisotopic (exact) mass is 471 g/mol. The number of hydrogen-bond acceptors (Lipinski definition) is 5. The molecule has 2 bridgehead atoms. The Morgan fingerprint density at radius 3 is 2.44 bits per heavy atom. The highest BCUT2D eigenvalue weighted by molar-refractivity contribution is 6.00. The molecule has 3 aromatic rings. The number of rotatable bonds is 4. The number of anilines is 1. The Kier molecular flexibility index (Phi) is 5.66. The Hall–Kier alpha value is -3.56. The molecule has 3 aromatic heterocycles. The molecule has 5 heterocycles. The highest BCUT2D eigenvalue weighted by Crippen LogP contribution is 2.38. The largest absolute Gasteiger partial charge is 0.417 e. The summed E-state index contributed by atoms with van der Waals surface area (Å²) >= 11 is 0. The highest BCUT2D eigenvalue weighted by atomic mass is 19.4. The molecular formula is C24H21F4N5O. The lowest BCUT2D eigenvalue weighted by Crippen LogP contribution is -2.59. The third-order valence-corrected chi connectivity index (χ3v) is 6.48. The number of piperidine rings is 2. The Morgan fingerprint density at radius 1 is 1.00 bits per heavy atom. The zero-order chi connectivity index (χ0) is 23.9. The third kappa shape index (κ3) is 4.20. The first-order valence-corrected chi connectivity index (χ1v) is 11.0. The normalized spacial score (nSPS) is 22.0. The minimum absolute atomic E-state index is 0.0113. The number of amides is 1. The van der Waals surface area contributed by atoms with E-state index < -0.39 is 17.6 Å². The summed E-state index contributed by atoms with van der Waals surface area (Å²) in [6.07, 6.45) is 1.78. The van der Waals surface area contributed by atoms with Crippen LogP contribution in [-0.4, -0.2) is 44.4 Å². The molecule has 1 amide bonds. The molecule has 1 N–H and O–H groups in total. The van der Waals surface area contributed by atoms with E-state index in [1.807, 2.05) is 0 Å². The van der Waals surface area contributed by atoms with Crippen LogP contribution in [0.2, 0.25) is 0 Å². The zero-order valence-electron chi connectivity index (χ0n) is 18.0. The van der Waals surface area contributed by atoms with Crippen LogP contribution >= 0.6 is 0 Å². The number of pyridine rings is 3. The summed E-state index contributed by atoms with van der Waals surface area (Å²) in [4.78, 5) is 27.6. The van der Waals surface area contributed by atoms with Gasteiger partial charge >= 0.3 is 6.18 Å². The van der Waals surface area contributed by atoms with Gasteiger partial charge in [-0.1, -0.05) is 0 Å². The van der Waals surface area contributed by atoms with Crippen LogP contribution in [0.4, 0.5) is 23.4 Å². The maximum Gasteiger partial charge on any atom is 0.417 e. The lowest BCUT2D eigenvalue weighted by Gasteiger charge is -2.50. The summed E-state index contributed by atoms with van der Waals surface area (Å²) in [5.41, 5.74) is -0.358. The summed E-state index contributed by atoms with van der Waals surface area (Å²) in [7, 11) is 0. The van der Waals surface area contributed by atoms with E-state index in [1.165, 1.54) is 30.6 Å². The van der Waals surface area contributed by atoms with Crippen LogP contribution in [0.25, 0.3) is 11.4 Å². The van der Waals surface area contributed by atoms with Gasteiger partial charge in [0.25, 0.3) is 5.91 Å². The van der Waals surface area contributed by atoms with E-state index in [0.29, 0.717) is 12.4 Å². The van der Waals surface area contributed by atoms with Gasteiger partial charge in [-0.2, -0.15) is 13.2 Å². The number of carbonyl (C=O) groups excluding carboxylic acids is 1. The standard InChI is InChI=1S/C24H21F4N5O/c25-17-4-2-10-30-22(17)21-16(3-1-9-29-21)23(34)33-13-14-5-7-19(33)18(11-14)32-20-8-6-15(12-31-20)24(26,27)28/h1-4,6,8-10,12,14,18-19H,5,7,11,13H2,(H,31,32)/t14-,18-,19+/m1/s1. The van der Waals surface area contributed by atoms with Crippen molar-refractivity contribution in [2.24, 2.45) is 5.92 Å². The van der Waals surface area contributed by atoms with E-state index in [0.717, 1.165) is 31.5 Å². The van der Waals surface area contributed by atoms with Crippen LogP contribution in [0.5, 0.6) is 0 Å². The fraction of sp³-hybridized carbons (Fsp3) is 0.333. The molecule has 10 heteroatoms. The van der Waals surface area contributed by atoms with Crippen molar-refractivity contribution in [1.82, 2.24) is 19.9 Å². The number of halogens is 4. The number of aromatic nitrogens is 3. The minimum atomic E-state index is -4.45. The first-order chi connectivity index (χ1) is 16.3. The van der Waals surface area contributed by atoms with Gasteiger partial charge in [0.15, 0.2) is 5.82 Å². The predicted molar refractivity (Wildman–Crippen MR) is 116 cm³/mol. The first-order valence-electron chi connectivity index (χ1n) is 11.0. The van der Waals surface area contributed by atoms with E-state index in [4.69, 9.17) is 0 Å². The zero-order valence-corrected chi connectivity index (χ0v) is 18.0. The summed E-state index contributed by atoms with van der Waals surface area (Å²) in [6, 6.07) is 7.94. The van der Waals surface area contributed by atoms with Gasteiger partial charge in [-0.05, 0) is 61.6 Å². The summed E-state index contributed by atoms with van der Waals surface area (Å²) in [6.45, 7) is 0.557. The Labute approximate surface area is 193 Å². The molecule has 1 aliphatic carbocycles. The summed E-state index contributed by atoms with van der Waals surface area (Å²) in [5.74, 6) is -0.263. The molecular weight excluding hydrogens is 450 g/mol. The minimum Gasteiger partial charge on any atom is -0.365 e. The van der Waals surface area contributed by atoms with Gasteiger partial charge in [-0.15, -0.1) is 0 Å². The van der Waals surface area contributed by atoms with Crippen LogP contribution in [0.1, 0.15) is 35.2 Å². The summed E-state index contributed by atoms with van der Waals surface area (Å²) in [5, 5.41) is 3.22. The second-order valence-electron chi connectivity index (χ2n) is 8.62. The van der Waals surface area contributed by atoms with E-state index in [1.54, 1.807) is 17.0 Å². The highest BCUT2D eigenvalue weighted by Gasteiger charge is 2.44. The Bertz CT molecular complexity index is 1200. The van der Waals surface area contributed by atoms with Crippen LogP contribution in [0.15, 0.2) is 55.0 Å². The lowest BCUT2D eigenvalue weighted by atomic mass is 9.76. The van der Waals surface area contributed by atoms with Crippen molar-refractivity contribution in [2.75, 3.05) is 11.9 Å². The van der Waals surface area contributed by atoms with E-state index >= 15 is 0 Å². The Balaban J connectivity index is 1.40. The van der Waals surface area contributed by atoms with Gasteiger partial charge < -0.3 is 10.2 Å². The molecule has 0 radical (unpaired) electrons. The topological polar surface area (TPSA) is 71.0 Å². The molecule has 3 atom stereocenters. The SMILES string of the molecule is O=C(c1cccnc1-c1ncccc1F)N1C[C@@H]2CC[C@H]1[C@H](Nc1ccc(C(F)(F)F)cn1)C2. The van der Waals surface area contributed by atoms with Gasteiger partial charge in [-0.3, -0.25) is 14.8 Å². The van der Waals surface area contributed by atoms with Crippen molar-refractivity contribution in [3.8, 4) is 11.4 Å². The molecule has 3 fully saturated rings. The second kappa shape index (κ2) is 8.66. The molecule has 34 heavy (non-hydrogen) atoms. The number of nitrogens with zero attached hydrogens (tertiary/aromatic N) is 4. The van der Waals surface area contributed by atoms with E-state index in [2.05, 4.69) is 20.3 Å². The van der Waals surface area contributed by atoms with Crippen LogP contribution in [-0.2, 0) is 6.18 Å². The Morgan fingerprint density at radius 2 is 1.76 bits per heavy atom. The molecule has 0 unspecified atom stereocenters.